The lowest BCUT2D eigenvalue weighted by Crippen LogP contribution is -1.89. The molecule has 1 N–H and O–H groups in total. The SMILES string of the molecule is CNc1onc2c1COC2. The van der Waals surface area contributed by atoms with Crippen molar-refractivity contribution in [3.8, 4) is 0 Å². The molecular weight excluding hydrogens is 132 g/mol. The van der Waals surface area contributed by atoms with Crippen molar-refractivity contribution in [2.24, 2.45) is 0 Å². The van der Waals surface area contributed by atoms with Crippen LogP contribution in [0.25, 0.3) is 0 Å². The van der Waals surface area contributed by atoms with Crippen molar-refractivity contribution in [1.82, 2.24) is 5.16 Å². The fourth-order valence-electron chi connectivity index (χ4n) is 1.05. The lowest BCUT2D eigenvalue weighted by atomic mass is 10.3. The van der Waals surface area contributed by atoms with E-state index in [1.54, 1.807) is 7.05 Å². The van der Waals surface area contributed by atoms with E-state index in [0.717, 1.165) is 17.1 Å². The zero-order valence-corrected chi connectivity index (χ0v) is 5.68. The normalized spacial score (nSPS) is 15.3. The summed E-state index contributed by atoms with van der Waals surface area (Å²) in [5, 5.41) is 6.70. The molecule has 0 atom stereocenters. The number of nitrogens with one attached hydrogen (secondary N) is 1. The quantitative estimate of drug-likeness (QED) is 0.625. The highest BCUT2D eigenvalue weighted by molar-refractivity contribution is 5.43. The summed E-state index contributed by atoms with van der Waals surface area (Å²) in [4.78, 5) is 0. The van der Waals surface area contributed by atoms with Crippen molar-refractivity contribution in [3.63, 3.8) is 0 Å². The van der Waals surface area contributed by atoms with Gasteiger partial charge in [-0.25, -0.2) is 0 Å². The molecule has 2 rings (SSSR count). The third-order valence-electron chi connectivity index (χ3n) is 1.58. The highest BCUT2D eigenvalue weighted by Crippen LogP contribution is 2.25. The van der Waals surface area contributed by atoms with Crippen LogP contribution in [0.1, 0.15) is 11.3 Å². The summed E-state index contributed by atoms with van der Waals surface area (Å²) in [7, 11) is 1.80. The molecule has 4 heteroatoms. The minimum Gasteiger partial charge on any atom is -0.370 e. The smallest absolute Gasteiger partial charge is 0.230 e. The van der Waals surface area contributed by atoms with Crippen LogP contribution in [-0.2, 0) is 18.0 Å². The van der Waals surface area contributed by atoms with Gasteiger partial charge in [0.2, 0.25) is 5.88 Å². The maximum Gasteiger partial charge on any atom is 0.230 e. The molecule has 0 aromatic carbocycles. The van der Waals surface area contributed by atoms with Crippen LogP contribution >= 0.6 is 0 Å². The summed E-state index contributed by atoms with van der Waals surface area (Å²) >= 11 is 0. The van der Waals surface area contributed by atoms with Gasteiger partial charge in [0.05, 0.1) is 18.8 Å². The van der Waals surface area contributed by atoms with Crippen molar-refractivity contribution in [3.05, 3.63) is 11.3 Å². The molecule has 1 aliphatic heterocycles. The number of fused-ring (bicyclic) bond motifs is 1. The van der Waals surface area contributed by atoms with Gasteiger partial charge in [-0.2, -0.15) is 0 Å². The molecule has 0 aliphatic carbocycles. The van der Waals surface area contributed by atoms with Crippen LogP contribution in [0.5, 0.6) is 0 Å². The zero-order chi connectivity index (χ0) is 6.97. The molecule has 0 unspecified atom stereocenters. The summed E-state index contributed by atoms with van der Waals surface area (Å²) in [6.07, 6.45) is 0. The maximum atomic E-state index is 5.13. The molecule has 10 heavy (non-hydrogen) atoms. The average Bonchev–Trinajstić information content (AvgIpc) is 2.44. The molecule has 2 heterocycles. The van der Waals surface area contributed by atoms with E-state index in [0.29, 0.717) is 13.2 Å². The van der Waals surface area contributed by atoms with Gasteiger partial charge >= 0.3 is 0 Å². The summed E-state index contributed by atoms with van der Waals surface area (Å²) in [5.74, 6) is 0.729. The number of aromatic nitrogens is 1. The van der Waals surface area contributed by atoms with E-state index in [1.807, 2.05) is 0 Å². The predicted molar refractivity (Wildman–Crippen MR) is 34.5 cm³/mol. The number of anilines is 1. The second-order valence-electron chi connectivity index (χ2n) is 2.18. The van der Waals surface area contributed by atoms with Crippen LogP contribution in [-0.4, -0.2) is 12.2 Å². The molecule has 0 amide bonds. The van der Waals surface area contributed by atoms with E-state index in [-0.39, 0.29) is 0 Å². The summed E-state index contributed by atoms with van der Waals surface area (Å²) in [6, 6.07) is 0. The number of rotatable bonds is 1. The Kier molecular flexibility index (Phi) is 1.14. The van der Waals surface area contributed by atoms with Gasteiger partial charge in [-0.3, -0.25) is 0 Å². The van der Waals surface area contributed by atoms with Gasteiger partial charge in [-0.15, -0.1) is 0 Å². The van der Waals surface area contributed by atoms with E-state index in [1.165, 1.54) is 0 Å². The molecule has 0 saturated carbocycles. The molecule has 0 saturated heterocycles. The van der Waals surface area contributed by atoms with Crippen LogP contribution < -0.4 is 5.32 Å². The topological polar surface area (TPSA) is 47.3 Å². The zero-order valence-electron chi connectivity index (χ0n) is 5.68. The highest BCUT2D eigenvalue weighted by Gasteiger charge is 2.20. The van der Waals surface area contributed by atoms with Crippen LogP contribution in [0.4, 0.5) is 5.88 Å². The molecule has 0 bridgehead atoms. The first-order valence-electron chi connectivity index (χ1n) is 3.14. The minimum atomic E-state index is 0.584. The predicted octanol–water partition coefficient (Wildman–Crippen LogP) is 0.746. The standard InChI is InChI=1S/C6H8N2O2/c1-7-6-4-2-9-3-5(4)8-10-6/h7H,2-3H2,1H3. The Balaban J connectivity index is 2.44. The molecule has 0 spiro atoms. The van der Waals surface area contributed by atoms with Crippen molar-refractivity contribution in [2.75, 3.05) is 12.4 Å². The van der Waals surface area contributed by atoms with E-state index in [4.69, 9.17) is 9.26 Å². The summed E-state index contributed by atoms with van der Waals surface area (Å²) in [6.45, 7) is 1.20. The summed E-state index contributed by atoms with van der Waals surface area (Å²) in [5.41, 5.74) is 1.98. The van der Waals surface area contributed by atoms with Crippen LogP contribution in [0.3, 0.4) is 0 Å². The second-order valence-corrected chi connectivity index (χ2v) is 2.18. The van der Waals surface area contributed by atoms with E-state index in [2.05, 4.69) is 10.5 Å². The van der Waals surface area contributed by atoms with Crippen molar-refractivity contribution in [2.45, 2.75) is 13.2 Å². The Morgan fingerprint density at radius 1 is 1.50 bits per heavy atom. The lowest BCUT2D eigenvalue weighted by Gasteiger charge is -1.92. The number of hydrogen-bond donors (Lipinski definition) is 1. The van der Waals surface area contributed by atoms with Gasteiger partial charge in [0.25, 0.3) is 0 Å². The Bertz CT molecular complexity index is 244. The molecule has 0 fully saturated rings. The van der Waals surface area contributed by atoms with Gasteiger partial charge < -0.3 is 14.6 Å². The molecule has 1 aliphatic rings. The maximum absolute atomic E-state index is 5.13. The van der Waals surface area contributed by atoms with Crippen LogP contribution in [0.2, 0.25) is 0 Å². The first kappa shape index (κ1) is 5.73. The first-order valence-corrected chi connectivity index (χ1v) is 3.14. The Hall–Kier alpha value is -1.03. The fraction of sp³-hybridized carbons (Fsp3) is 0.500. The Morgan fingerprint density at radius 2 is 2.40 bits per heavy atom. The largest absolute Gasteiger partial charge is 0.370 e. The van der Waals surface area contributed by atoms with Gasteiger partial charge in [-0.05, 0) is 0 Å². The van der Waals surface area contributed by atoms with Crippen molar-refractivity contribution >= 4 is 5.88 Å². The Morgan fingerprint density at radius 3 is 3.20 bits per heavy atom. The van der Waals surface area contributed by atoms with Gasteiger partial charge in [0, 0.05) is 7.05 Å². The number of ether oxygens (including phenoxy) is 1. The molecular formula is C6H8N2O2. The van der Waals surface area contributed by atoms with Crippen LogP contribution in [0, 0.1) is 0 Å². The Labute approximate surface area is 58.1 Å². The van der Waals surface area contributed by atoms with E-state index < -0.39 is 0 Å². The monoisotopic (exact) mass is 140 g/mol. The summed E-state index contributed by atoms with van der Waals surface area (Å²) < 4.78 is 10.1. The first-order chi connectivity index (χ1) is 4.92. The molecule has 0 radical (unpaired) electrons. The highest BCUT2D eigenvalue weighted by atomic mass is 16.5. The third kappa shape index (κ3) is 0.623. The second kappa shape index (κ2) is 1.98. The van der Waals surface area contributed by atoms with E-state index in [9.17, 15) is 0 Å². The molecule has 54 valence electrons. The fourth-order valence-corrected chi connectivity index (χ4v) is 1.05. The van der Waals surface area contributed by atoms with Crippen molar-refractivity contribution in [1.29, 1.82) is 0 Å². The average molecular weight is 140 g/mol. The number of hydrogen-bond acceptors (Lipinski definition) is 4. The lowest BCUT2D eigenvalue weighted by molar-refractivity contribution is 0.127. The molecule has 1 aromatic heterocycles. The van der Waals surface area contributed by atoms with Gasteiger partial charge in [0.15, 0.2) is 0 Å². The number of nitrogens with zero attached hydrogens (tertiary/aromatic N) is 1. The van der Waals surface area contributed by atoms with Gasteiger partial charge in [-0.1, -0.05) is 5.16 Å². The van der Waals surface area contributed by atoms with Crippen LogP contribution in [0.15, 0.2) is 4.52 Å². The van der Waals surface area contributed by atoms with Gasteiger partial charge in [0.1, 0.15) is 5.69 Å². The third-order valence-corrected chi connectivity index (χ3v) is 1.58. The van der Waals surface area contributed by atoms with E-state index >= 15 is 0 Å². The minimum absolute atomic E-state index is 0.584. The van der Waals surface area contributed by atoms with Crippen molar-refractivity contribution < 1.29 is 9.26 Å². The molecule has 1 aromatic rings. The molecule has 4 nitrogen and oxygen atoms in total.